The molecule has 1 fully saturated rings. The lowest BCUT2D eigenvalue weighted by Crippen LogP contribution is -2.33. The highest BCUT2D eigenvalue weighted by Crippen LogP contribution is 2.25. The summed E-state index contributed by atoms with van der Waals surface area (Å²) in [6, 6.07) is 5.33. The van der Waals surface area contributed by atoms with Crippen LogP contribution in [0, 0.1) is 5.92 Å². The van der Waals surface area contributed by atoms with Crippen LogP contribution < -0.4 is 5.32 Å². The summed E-state index contributed by atoms with van der Waals surface area (Å²) < 4.78 is 0. The van der Waals surface area contributed by atoms with E-state index in [0.29, 0.717) is 18.5 Å². The minimum Gasteiger partial charge on any atom is -0.508 e. The molecule has 0 aromatic heterocycles. The lowest BCUT2D eigenvalue weighted by molar-refractivity contribution is 0.352. The maximum absolute atomic E-state index is 9.74. The third-order valence-corrected chi connectivity index (χ3v) is 3.99. The van der Waals surface area contributed by atoms with Crippen LogP contribution in [0.4, 0.5) is 0 Å². The van der Waals surface area contributed by atoms with Gasteiger partial charge in [-0.15, -0.1) is 0 Å². The van der Waals surface area contributed by atoms with E-state index >= 15 is 0 Å². The number of nitrogens with one attached hydrogen (secondary N) is 1. The Kier molecular flexibility index (Phi) is 4.48. The number of hydrogen-bond acceptors (Lipinski definition) is 3. The van der Waals surface area contributed by atoms with Gasteiger partial charge in [0.25, 0.3) is 0 Å². The minimum atomic E-state index is 0.110. The molecule has 1 saturated carbocycles. The summed E-state index contributed by atoms with van der Waals surface area (Å²) >= 11 is 0. The summed E-state index contributed by atoms with van der Waals surface area (Å²) in [4.78, 5) is 0. The zero-order valence-electron chi connectivity index (χ0n) is 11.0. The highest BCUT2D eigenvalue weighted by molar-refractivity contribution is 5.38. The van der Waals surface area contributed by atoms with Crippen molar-refractivity contribution in [1.82, 2.24) is 5.32 Å². The van der Waals surface area contributed by atoms with E-state index in [4.69, 9.17) is 0 Å². The highest BCUT2D eigenvalue weighted by atomic mass is 16.3. The minimum absolute atomic E-state index is 0.110. The van der Waals surface area contributed by atoms with E-state index in [1.165, 1.54) is 38.2 Å². The molecule has 2 rings (SSSR count). The highest BCUT2D eigenvalue weighted by Gasteiger charge is 2.19. The van der Waals surface area contributed by atoms with Crippen LogP contribution >= 0.6 is 0 Å². The van der Waals surface area contributed by atoms with Crippen LogP contribution in [-0.2, 0) is 6.54 Å². The Morgan fingerprint density at radius 2 is 1.94 bits per heavy atom. The second kappa shape index (κ2) is 6.10. The first kappa shape index (κ1) is 13.2. The molecule has 3 N–H and O–H groups in total. The van der Waals surface area contributed by atoms with Gasteiger partial charge in [0.1, 0.15) is 11.5 Å². The molecule has 0 saturated heterocycles. The summed E-state index contributed by atoms with van der Waals surface area (Å²) in [5.74, 6) is 0.981. The van der Waals surface area contributed by atoms with Gasteiger partial charge < -0.3 is 15.5 Å². The van der Waals surface area contributed by atoms with Crippen molar-refractivity contribution >= 4 is 0 Å². The van der Waals surface area contributed by atoms with Crippen LogP contribution in [0.3, 0.4) is 0 Å². The van der Waals surface area contributed by atoms with Gasteiger partial charge in [-0.05, 0) is 24.8 Å². The molecule has 2 atom stereocenters. The maximum atomic E-state index is 9.74. The number of benzene rings is 1. The van der Waals surface area contributed by atoms with Crippen LogP contribution in [0.1, 0.15) is 44.6 Å². The monoisotopic (exact) mass is 249 g/mol. The molecule has 1 aliphatic rings. The molecule has 0 bridgehead atoms. The summed E-state index contributed by atoms with van der Waals surface area (Å²) in [6.45, 7) is 2.97. The van der Waals surface area contributed by atoms with E-state index in [0.717, 1.165) is 5.56 Å². The van der Waals surface area contributed by atoms with Crippen LogP contribution in [0.2, 0.25) is 0 Å². The SMILES string of the molecule is CC1CCCCCC1NCc1ccc(O)cc1O. The van der Waals surface area contributed by atoms with Crippen LogP contribution in [0.25, 0.3) is 0 Å². The maximum Gasteiger partial charge on any atom is 0.123 e. The summed E-state index contributed by atoms with van der Waals surface area (Å²) in [7, 11) is 0. The van der Waals surface area contributed by atoms with Crippen molar-refractivity contribution in [2.45, 2.75) is 51.6 Å². The van der Waals surface area contributed by atoms with Crippen molar-refractivity contribution < 1.29 is 10.2 Å². The fourth-order valence-electron chi connectivity index (χ4n) is 2.74. The molecular weight excluding hydrogens is 226 g/mol. The Morgan fingerprint density at radius 1 is 1.17 bits per heavy atom. The third-order valence-electron chi connectivity index (χ3n) is 3.99. The van der Waals surface area contributed by atoms with Crippen LogP contribution in [0.5, 0.6) is 11.5 Å². The van der Waals surface area contributed by atoms with Gasteiger partial charge in [0.05, 0.1) is 0 Å². The van der Waals surface area contributed by atoms with E-state index < -0.39 is 0 Å². The lowest BCUT2D eigenvalue weighted by atomic mass is 9.96. The van der Waals surface area contributed by atoms with Crippen molar-refractivity contribution in [1.29, 1.82) is 0 Å². The molecular formula is C15H23NO2. The van der Waals surface area contributed by atoms with Gasteiger partial charge in [-0.3, -0.25) is 0 Å². The average molecular weight is 249 g/mol. The van der Waals surface area contributed by atoms with E-state index in [1.807, 2.05) is 0 Å². The lowest BCUT2D eigenvalue weighted by Gasteiger charge is -2.23. The molecule has 0 spiro atoms. The Balaban J connectivity index is 1.93. The molecule has 3 nitrogen and oxygen atoms in total. The first-order chi connectivity index (χ1) is 8.66. The Hall–Kier alpha value is -1.22. The standard InChI is InChI=1S/C15H23NO2/c1-11-5-3-2-4-6-14(11)16-10-12-7-8-13(17)9-15(12)18/h7-9,11,14,16-18H,2-6,10H2,1H3. The van der Waals surface area contributed by atoms with Gasteiger partial charge in [-0.2, -0.15) is 0 Å². The predicted octanol–water partition coefficient (Wildman–Crippen LogP) is 3.16. The van der Waals surface area contributed by atoms with Gasteiger partial charge in [0, 0.05) is 24.2 Å². The summed E-state index contributed by atoms with van der Waals surface area (Å²) in [6.07, 6.45) is 6.49. The number of rotatable bonds is 3. The van der Waals surface area contributed by atoms with Crippen LogP contribution in [0.15, 0.2) is 18.2 Å². The van der Waals surface area contributed by atoms with Crippen molar-refractivity contribution in [2.24, 2.45) is 5.92 Å². The molecule has 0 heterocycles. The van der Waals surface area contributed by atoms with Gasteiger partial charge >= 0.3 is 0 Å². The molecule has 18 heavy (non-hydrogen) atoms. The first-order valence-corrected chi connectivity index (χ1v) is 6.91. The molecule has 3 heteroatoms. The number of hydrogen-bond donors (Lipinski definition) is 3. The smallest absolute Gasteiger partial charge is 0.123 e. The molecule has 1 aromatic rings. The zero-order chi connectivity index (χ0) is 13.0. The predicted molar refractivity (Wildman–Crippen MR) is 72.6 cm³/mol. The third kappa shape index (κ3) is 3.39. The average Bonchev–Trinajstić information content (AvgIpc) is 2.53. The fourth-order valence-corrected chi connectivity index (χ4v) is 2.74. The summed E-state index contributed by atoms with van der Waals surface area (Å²) in [5, 5.41) is 22.5. The van der Waals surface area contributed by atoms with E-state index in [9.17, 15) is 10.2 Å². The normalized spacial score (nSPS) is 24.7. The van der Waals surface area contributed by atoms with Crippen LogP contribution in [-0.4, -0.2) is 16.3 Å². The van der Waals surface area contributed by atoms with Gasteiger partial charge in [-0.25, -0.2) is 0 Å². The van der Waals surface area contributed by atoms with Gasteiger partial charge in [0.2, 0.25) is 0 Å². The van der Waals surface area contributed by atoms with E-state index in [2.05, 4.69) is 12.2 Å². The van der Waals surface area contributed by atoms with Crippen molar-refractivity contribution in [3.63, 3.8) is 0 Å². The molecule has 0 radical (unpaired) electrons. The number of phenolic OH excluding ortho intramolecular Hbond substituents is 2. The largest absolute Gasteiger partial charge is 0.508 e. The van der Waals surface area contributed by atoms with Gasteiger partial charge in [0.15, 0.2) is 0 Å². The number of aromatic hydroxyl groups is 2. The van der Waals surface area contributed by atoms with E-state index in [-0.39, 0.29) is 11.5 Å². The van der Waals surface area contributed by atoms with Crippen molar-refractivity contribution in [3.05, 3.63) is 23.8 Å². The molecule has 100 valence electrons. The number of phenols is 2. The Bertz CT molecular complexity index is 392. The zero-order valence-corrected chi connectivity index (χ0v) is 11.0. The first-order valence-electron chi connectivity index (χ1n) is 6.91. The van der Waals surface area contributed by atoms with Crippen molar-refractivity contribution in [2.75, 3.05) is 0 Å². The molecule has 1 aliphatic carbocycles. The topological polar surface area (TPSA) is 52.5 Å². The van der Waals surface area contributed by atoms with Crippen molar-refractivity contribution in [3.8, 4) is 11.5 Å². The molecule has 0 amide bonds. The van der Waals surface area contributed by atoms with Gasteiger partial charge in [-0.1, -0.05) is 32.3 Å². The fraction of sp³-hybridized carbons (Fsp3) is 0.600. The Labute approximate surface area is 109 Å². The quantitative estimate of drug-likeness (QED) is 0.721. The second-order valence-corrected chi connectivity index (χ2v) is 5.42. The molecule has 2 unspecified atom stereocenters. The summed E-state index contributed by atoms with van der Waals surface area (Å²) in [5.41, 5.74) is 0.851. The molecule has 0 aliphatic heterocycles. The molecule has 1 aromatic carbocycles. The Morgan fingerprint density at radius 3 is 2.72 bits per heavy atom. The van der Waals surface area contributed by atoms with E-state index in [1.54, 1.807) is 12.1 Å². The second-order valence-electron chi connectivity index (χ2n) is 5.42.